The molecule has 4 nitrogen and oxygen atoms in total. The number of nitrogens with one attached hydrogen (secondary N) is 1. The number of nitrogens with two attached hydrogens (primary N) is 1. The van der Waals surface area contributed by atoms with Crippen LogP contribution in [0.4, 0.5) is 5.69 Å². The summed E-state index contributed by atoms with van der Waals surface area (Å²) in [4.78, 5) is 12.1. The zero-order valence-corrected chi connectivity index (χ0v) is 11.4. The first-order valence-electron chi connectivity index (χ1n) is 6.91. The molecule has 1 amide bonds. The van der Waals surface area contributed by atoms with Gasteiger partial charge in [-0.2, -0.15) is 0 Å². The summed E-state index contributed by atoms with van der Waals surface area (Å²) in [5, 5.41) is 2.93. The third kappa shape index (κ3) is 3.26. The quantitative estimate of drug-likeness (QED) is 0.828. The lowest BCUT2D eigenvalue weighted by molar-refractivity contribution is -0.119. The van der Waals surface area contributed by atoms with Crippen molar-refractivity contribution < 1.29 is 9.53 Å². The van der Waals surface area contributed by atoms with E-state index in [1.165, 1.54) is 6.42 Å². The zero-order valence-electron chi connectivity index (χ0n) is 11.4. The number of amides is 1. The van der Waals surface area contributed by atoms with Gasteiger partial charge in [-0.25, -0.2) is 0 Å². The van der Waals surface area contributed by atoms with Crippen LogP contribution in [0, 0.1) is 5.41 Å². The van der Waals surface area contributed by atoms with E-state index in [4.69, 9.17) is 10.5 Å². The van der Waals surface area contributed by atoms with Crippen LogP contribution in [0.5, 0.6) is 5.75 Å². The molecule has 1 saturated carbocycles. The van der Waals surface area contributed by atoms with Gasteiger partial charge in [0.15, 0.2) is 0 Å². The molecule has 3 N–H and O–H groups in total. The molecule has 4 heteroatoms. The Bertz CT molecular complexity index is 436. The van der Waals surface area contributed by atoms with Crippen LogP contribution in [0.3, 0.4) is 0 Å². The van der Waals surface area contributed by atoms with E-state index < -0.39 is 0 Å². The van der Waals surface area contributed by atoms with Crippen molar-refractivity contribution in [1.82, 2.24) is 0 Å². The Morgan fingerprint density at radius 2 is 2.16 bits per heavy atom. The van der Waals surface area contributed by atoms with Gasteiger partial charge in [0.25, 0.3) is 0 Å². The lowest BCUT2D eigenvalue weighted by Crippen LogP contribution is -2.40. The SMILES string of the molecule is CCOc1ccccc1NC(=O)CC1(CN)CCC1. The van der Waals surface area contributed by atoms with Crippen LogP contribution in [-0.2, 0) is 4.79 Å². The molecule has 0 atom stereocenters. The van der Waals surface area contributed by atoms with E-state index in [1.807, 2.05) is 31.2 Å². The van der Waals surface area contributed by atoms with Crippen molar-refractivity contribution in [2.45, 2.75) is 32.6 Å². The first kappa shape index (κ1) is 13.9. The standard InChI is InChI=1S/C15H22N2O2/c1-2-19-13-7-4-3-6-12(13)17-14(18)10-15(11-16)8-5-9-15/h3-4,6-7H,2,5,8-11,16H2,1H3,(H,17,18). The molecule has 19 heavy (non-hydrogen) atoms. The van der Waals surface area contributed by atoms with Crippen LogP contribution in [0.1, 0.15) is 32.6 Å². The minimum atomic E-state index is 0.0253. The molecule has 0 bridgehead atoms. The predicted octanol–water partition coefficient (Wildman–Crippen LogP) is 2.54. The fourth-order valence-corrected chi connectivity index (χ4v) is 2.52. The van der Waals surface area contributed by atoms with Crippen LogP contribution < -0.4 is 15.8 Å². The highest BCUT2D eigenvalue weighted by molar-refractivity contribution is 5.92. The predicted molar refractivity (Wildman–Crippen MR) is 76.2 cm³/mol. The summed E-state index contributed by atoms with van der Waals surface area (Å²) >= 11 is 0. The highest BCUT2D eigenvalue weighted by atomic mass is 16.5. The summed E-state index contributed by atoms with van der Waals surface area (Å²) in [7, 11) is 0. The Labute approximate surface area is 114 Å². The molecular weight excluding hydrogens is 240 g/mol. The van der Waals surface area contributed by atoms with Crippen molar-refractivity contribution >= 4 is 11.6 Å². The summed E-state index contributed by atoms with van der Waals surface area (Å²) in [6, 6.07) is 7.51. The highest BCUT2D eigenvalue weighted by Gasteiger charge is 2.37. The number of para-hydroxylation sites is 2. The van der Waals surface area contributed by atoms with E-state index in [9.17, 15) is 4.79 Å². The number of carbonyl (C=O) groups excluding carboxylic acids is 1. The Hall–Kier alpha value is -1.55. The van der Waals surface area contributed by atoms with E-state index in [1.54, 1.807) is 0 Å². The molecule has 0 aliphatic heterocycles. The lowest BCUT2D eigenvalue weighted by Gasteiger charge is -2.40. The molecular formula is C15H22N2O2. The first-order valence-corrected chi connectivity index (χ1v) is 6.91. The molecule has 1 aliphatic rings. The zero-order chi connectivity index (χ0) is 13.7. The van der Waals surface area contributed by atoms with Gasteiger partial charge in [0.1, 0.15) is 5.75 Å². The second kappa shape index (κ2) is 6.06. The number of hydrogen-bond donors (Lipinski definition) is 2. The van der Waals surface area contributed by atoms with Gasteiger partial charge in [-0.3, -0.25) is 4.79 Å². The first-order chi connectivity index (χ1) is 9.19. The van der Waals surface area contributed by atoms with E-state index >= 15 is 0 Å². The third-order valence-electron chi connectivity index (χ3n) is 3.84. The van der Waals surface area contributed by atoms with E-state index in [-0.39, 0.29) is 11.3 Å². The molecule has 0 spiro atoms. The molecule has 0 unspecified atom stereocenters. The number of rotatable bonds is 6. The molecule has 2 rings (SSSR count). The third-order valence-corrected chi connectivity index (χ3v) is 3.84. The number of benzene rings is 1. The monoisotopic (exact) mass is 262 g/mol. The number of hydrogen-bond acceptors (Lipinski definition) is 3. The fraction of sp³-hybridized carbons (Fsp3) is 0.533. The minimum Gasteiger partial charge on any atom is -0.492 e. The van der Waals surface area contributed by atoms with Crippen molar-refractivity contribution in [2.24, 2.45) is 11.1 Å². The minimum absolute atomic E-state index is 0.0253. The van der Waals surface area contributed by atoms with Crippen molar-refractivity contribution in [3.05, 3.63) is 24.3 Å². The second-order valence-electron chi connectivity index (χ2n) is 5.21. The molecule has 0 heterocycles. The maximum absolute atomic E-state index is 12.1. The summed E-state index contributed by atoms with van der Waals surface area (Å²) in [6.07, 6.45) is 3.80. The molecule has 0 saturated heterocycles. The van der Waals surface area contributed by atoms with Gasteiger partial charge in [-0.05, 0) is 43.9 Å². The van der Waals surface area contributed by atoms with Crippen LogP contribution >= 0.6 is 0 Å². The van der Waals surface area contributed by atoms with E-state index in [0.29, 0.717) is 25.3 Å². The van der Waals surface area contributed by atoms with Crippen LogP contribution in [-0.4, -0.2) is 19.1 Å². The van der Waals surface area contributed by atoms with E-state index in [0.717, 1.165) is 18.5 Å². The van der Waals surface area contributed by atoms with Gasteiger partial charge >= 0.3 is 0 Å². The Morgan fingerprint density at radius 3 is 2.74 bits per heavy atom. The lowest BCUT2D eigenvalue weighted by atomic mass is 9.66. The van der Waals surface area contributed by atoms with Crippen LogP contribution in [0.2, 0.25) is 0 Å². The molecule has 0 aromatic heterocycles. The average molecular weight is 262 g/mol. The van der Waals surface area contributed by atoms with E-state index in [2.05, 4.69) is 5.32 Å². The Balaban J connectivity index is 1.98. The molecule has 1 aromatic rings. The van der Waals surface area contributed by atoms with Gasteiger partial charge in [0.05, 0.1) is 12.3 Å². The number of carbonyl (C=O) groups is 1. The van der Waals surface area contributed by atoms with Gasteiger partial charge in [0, 0.05) is 6.42 Å². The molecule has 104 valence electrons. The van der Waals surface area contributed by atoms with Crippen molar-refractivity contribution in [3.8, 4) is 5.75 Å². The smallest absolute Gasteiger partial charge is 0.225 e. The fourth-order valence-electron chi connectivity index (χ4n) is 2.52. The van der Waals surface area contributed by atoms with Gasteiger partial charge in [-0.15, -0.1) is 0 Å². The molecule has 0 radical (unpaired) electrons. The molecule has 1 aromatic carbocycles. The van der Waals surface area contributed by atoms with Crippen molar-refractivity contribution in [1.29, 1.82) is 0 Å². The highest BCUT2D eigenvalue weighted by Crippen LogP contribution is 2.43. The van der Waals surface area contributed by atoms with Crippen molar-refractivity contribution in [3.63, 3.8) is 0 Å². The molecule has 1 fully saturated rings. The maximum Gasteiger partial charge on any atom is 0.225 e. The van der Waals surface area contributed by atoms with Gasteiger partial charge in [-0.1, -0.05) is 18.6 Å². The Morgan fingerprint density at radius 1 is 1.42 bits per heavy atom. The normalized spacial score (nSPS) is 16.5. The summed E-state index contributed by atoms with van der Waals surface area (Å²) in [6.45, 7) is 3.10. The summed E-state index contributed by atoms with van der Waals surface area (Å²) in [5.41, 5.74) is 6.55. The Kier molecular flexibility index (Phi) is 4.43. The van der Waals surface area contributed by atoms with Crippen LogP contribution in [0.15, 0.2) is 24.3 Å². The largest absolute Gasteiger partial charge is 0.492 e. The topological polar surface area (TPSA) is 64.3 Å². The molecule has 1 aliphatic carbocycles. The summed E-state index contributed by atoms with van der Waals surface area (Å²) in [5.74, 6) is 0.742. The number of anilines is 1. The van der Waals surface area contributed by atoms with Gasteiger partial charge in [0.2, 0.25) is 5.91 Å². The number of ether oxygens (including phenoxy) is 1. The van der Waals surface area contributed by atoms with Crippen LogP contribution in [0.25, 0.3) is 0 Å². The maximum atomic E-state index is 12.1. The second-order valence-corrected chi connectivity index (χ2v) is 5.21. The van der Waals surface area contributed by atoms with Crippen molar-refractivity contribution in [2.75, 3.05) is 18.5 Å². The summed E-state index contributed by atoms with van der Waals surface area (Å²) < 4.78 is 5.50. The average Bonchev–Trinajstić information content (AvgIpc) is 2.36. The van der Waals surface area contributed by atoms with Gasteiger partial charge < -0.3 is 15.8 Å².